The molecule has 0 aliphatic heterocycles. The number of amides is 1. The Balaban J connectivity index is 1.93. The number of hydrogen-bond donors (Lipinski definition) is 2. The summed E-state index contributed by atoms with van der Waals surface area (Å²) in [5.41, 5.74) is 1.79. The molecule has 0 atom stereocenters. The predicted octanol–water partition coefficient (Wildman–Crippen LogP) is 2.30. The van der Waals surface area contributed by atoms with Gasteiger partial charge in [-0.25, -0.2) is 0 Å². The lowest BCUT2D eigenvalue weighted by molar-refractivity contribution is -0.129. The van der Waals surface area contributed by atoms with Gasteiger partial charge in [-0.05, 0) is 44.0 Å². The lowest BCUT2D eigenvalue weighted by Crippen LogP contribution is -2.42. The third-order valence-electron chi connectivity index (χ3n) is 3.77. The van der Waals surface area contributed by atoms with Crippen molar-refractivity contribution >= 4 is 11.6 Å². The van der Waals surface area contributed by atoms with Crippen LogP contribution in [0.15, 0.2) is 24.3 Å². The van der Waals surface area contributed by atoms with Crippen LogP contribution >= 0.6 is 0 Å². The zero-order chi connectivity index (χ0) is 13.7. The van der Waals surface area contributed by atoms with E-state index in [1.54, 1.807) is 7.11 Å². The van der Waals surface area contributed by atoms with E-state index >= 15 is 0 Å². The quantitative estimate of drug-likeness (QED) is 0.827. The summed E-state index contributed by atoms with van der Waals surface area (Å²) >= 11 is 0. The van der Waals surface area contributed by atoms with Gasteiger partial charge in [0, 0.05) is 19.3 Å². The molecule has 2 rings (SSSR count). The van der Waals surface area contributed by atoms with E-state index in [4.69, 9.17) is 4.74 Å². The number of carbonyl (C=O) groups excluding carboxylic acids is 1. The van der Waals surface area contributed by atoms with Crippen molar-refractivity contribution < 1.29 is 9.53 Å². The Bertz CT molecular complexity index is 436. The molecular formula is C15H22N2O2. The molecule has 0 aromatic heterocycles. The summed E-state index contributed by atoms with van der Waals surface area (Å²) in [5.74, 6) is 0.0307. The maximum absolute atomic E-state index is 12.0. The second kappa shape index (κ2) is 6.17. The van der Waals surface area contributed by atoms with Gasteiger partial charge in [0.1, 0.15) is 0 Å². The molecular weight excluding hydrogens is 240 g/mol. The first-order chi connectivity index (χ1) is 9.17. The van der Waals surface area contributed by atoms with Crippen LogP contribution in [0.3, 0.4) is 0 Å². The minimum atomic E-state index is -0.216. The summed E-state index contributed by atoms with van der Waals surface area (Å²) < 4.78 is 5.47. The van der Waals surface area contributed by atoms with Crippen molar-refractivity contribution in [2.45, 2.75) is 37.8 Å². The van der Waals surface area contributed by atoms with Gasteiger partial charge in [-0.15, -0.1) is 0 Å². The minimum absolute atomic E-state index is 0.0307. The van der Waals surface area contributed by atoms with E-state index in [-0.39, 0.29) is 11.5 Å². The molecule has 0 unspecified atom stereocenters. The van der Waals surface area contributed by atoms with Gasteiger partial charge in [-0.3, -0.25) is 4.79 Å². The van der Waals surface area contributed by atoms with E-state index in [2.05, 4.69) is 10.6 Å². The van der Waals surface area contributed by atoms with Crippen molar-refractivity contribution in [1.29, 1.82) is 0 Å². The van der Waals surface area contributed by atoms with Gasteiger partial charge in [-0.1, -0.05) is 12.1 Å². The van der Waals surface area contributed by atoms with Crippen molar-refractivity contribution in [2.24, 2.45) is 0 Å². The van der Waals surface area contributed by atoms with Crippen molar-refractivity contribution in [2.75, 3.05) is 19.5 Å². The van der Waals surface area contributed by atoms with Gasteiger partial charge in [0.25, 0.3) is 0 Å². The van der Waals surface area contributed by atoms with Crippen molar-refractivity contribution in [3.8, 4) is 0 Å². The summed E-state index contributed by atoms with van der Waals surface area (Å²) in [4.78, 5) is 12.0. The largest absolute Gasteiger partial charge is 0.378 e. The van der Waals surface area contributed by atoms with Crippen LogP contribution in [0.2, 0.25) is 0 Å². The Morgan fingerprint density at radius 3 is 2.79 bits per heavy atom. The van der Waals surface area contributed by atoms with Gasteiger partial charge in [-0.2, -0.15) is 0 Å². The number of carbonyl (C=O) groups is 1. The highest BCUT2D eigenvalue weighted by atomic mass is 16.5. The number of hydrogen-bond acceptors (Lipinski definition) is 3. The lowest BCUT2D eigenvalue weighted by atomic mass is 9.77. The number of anilines is 1. The van der Waals surface area contributed by atoms with Crippen LogP contribution in [0.1, 0.15) is 31.2 Å². The Morgan fingerprint density at radius 1 is 1.42 bits per heavy atom. The molecule has 1 aliphatic rings. The van der Waals surface area contributed by atoms with Crippen LogP contribution in [-0.2, 0) is 16.1 Å². The fourth-order valence-electron chi connectivity index (χ4n) is 2.49. The highest BCUT2D eigenvalue weighted by molar-refractivity contribution is 5.91. The summed E-state index contributed by atoms with van der Waals surface area (Å²) in [6.45, 7) is 0.797. The van der Waals surface area contributed by atoms with Crippen LogP contribution in [-0.4, -0.2) is 25.7 Å². The first-order valence-electron chi connectivity index (χ1n) is 6.76. The van der Waals surface area contributed by atoms with E-state index < -0.39 is 0 Å². The Morgan fingerprint density at radius 2 is 2.21 bits per heavy atom. The molecule has 4 nitrogen and oxygen atoms in total. The molecule has 1 fully saturated rings. The molecule has 1 aromatic carbocycles. The fraction of sp³-hybridized carbons (Fsp3) is 0.533. The average molecular weight is 262 g/mol. The molecule has 0 spiro atoms. The third-order valence-corrected chi connectivity index (χ3v) is 3.77. The zero-order valence-electron chi connectivity index (χ0n) is 11.7. The number of methoxy groups -OCH3 is 1. The maximum Gasteiger partial charge on any atom is 0.227 e. The molecule has 1 aromatic rings. The second-order valence-electron chi connectivity index (χ2n) is 5.20. The van der Waals surface area contributed by atoms with Gasteiger partial charge in [0.05, 0.1) is 12.0 Å². The number of benzene rings is 1. The SMILES string of the molecule is CNCc1cccc(NC(=O)CC2(OC)CCC2)c1. The summed E-state index contributed by atoms with van der Waals surface area (Å²) in [5, 5.41) is 6.05. The number of ether oxygens (including phenoxy) is 1. The van der Waals surface area contributed by atoms with Crippen molar-refractivity contribution in [3.63, 3.8) is 0 Å². The summed E-state index contributed by atoms with van der Waals surface area (Å²) in [6, 6.07) is 7.90. The van der Waals surface area contributed by atoms with Gasteiger partial charge in [0.15, 0.2) is 0 Å². The predicted molar refractivity (Wildman–Crippen MR) is 76.0 cm³/mol. The molecule has 1 saturated carbocycles. The van der Waals surface area contributed by atoms with Crippen LogP contribution in [0.25, 0.3) is 0 Å². The van der Waals surface area contributed by atoms with E-state index in [9.17, 15) is 4.79 Å². The maximum atomic E-state index is 12.0. The van der Waals surface area contributed by atoms with E-state index in [0.717, 1.165) is 37.1 Å². The lowest BCUT2D eigenvalue weighted by Gasteiger charge is -2.39. The van der Waals surface area contributed by atoms with Crippen LogP contribution < -0.4 is 10.6 Å². The molecule has 19 heavy (non-hydrogen) atoms. The smallest absolute Gasteiger partial charge is 0.227 e. The van der Waals surface area contributed by atoms with Gasteiger partial charge < -0.3 is 15.4 Å². The summed E-state index contributed by atoms with van der Waals surface area (Å²) in [7, 11) is 3.60. The zero-order valence-corrected chi connectivity index (χ0v) is 11.7. The molecule has 2 N–H and O–H groups in total. The van der Waals surface area contributed by atoms with Crippen molar-refractivity contribution in [3.05, 3.63) is 29.8 Å². The van der Waals surface area contributed by atoms with E-state index in [0.29, 0.717) is 6.42 Å². The number of rotatable bonds is 6. The van der Waals surface area contributed by atoms with E-state index in [1.807, 2.05) is 31.3 Å². The standard InChI is InChI=1S/C15H22N2O2/c1-16-11-12-5-3-6-13(9-12)17-14(18)10-15(19-2)7-4-8-15/h3,5-6,9,16H,4,7-8,10-11H2,1-2H3,(H,17,18). The van der Waals surface area contributed by atoms with Crippen LogP contribution in [0, 0.1) is 0 Å². The highest BCUT2D eigenvalue weighted by Crippen LogP contribution is 2.38. The first kappa shape index (κ1) is 14.0. The normalized spacial score (nSPS) is 16.7. The molecule has 0 bridgehead atoms. The fourth-order valence-corrected chi connectivity index (χ4v) is 2.49. The minimum Gasteiger partial charge on any atom is -0.378 e. The Hall–Kier alpha value is -1.39. The summed E-state index contributed by atoms with van der Waals surface area (Å²) in [6.07, 6.45) is 3.56. The first-order valence-corrected chi connectivity index (χ1v) is 6.76. The molecule has 1 amide bonds. The Kier molecular flexibility index (Phi) is 4.56. The van der Waals surface area contributed by atoms with Crippen LogP contribution in [0.4, 0.5) is 5.69 Å². The molecule has 1 aliphatic carbocycles. The average Bonchev–Trinajstić information content (AvgIpc) is 2.35. The molecule has 104 valence electrons. The van der Waals surface area contributed by atoms with Crippen molar-refractivity contribution in [1.82, 2.24) is 5.32 Å². The van der Waals surface area contributed by atoms with E-state index in [1.165, 1.54) is 0 Å². The monoisotopic (exact) mass is 262 g/mol. The molecule has 0 heterocycles. The van der Waals surface area contributed by atoms with Gasteiger partial charge in [0.2, 0.25) is 5.91 Å². The Labute approximate surface area is 114 Å². The highest BCUT2D eigenvalue weighted by Gasteiger charge is 2.38. The topological polar surface area (TPSA) is 50.4 Å². The third kappa shape index (κ3) is 3.55. The van der Waals surface area contributed by atoms with Crippen LogP contribution in [0.5, 0.6) is 0 Å². The molecule has 0 radical (unpaired) electrons. The number of nitrogens with one attached hydrogen (secondary N) is 2. The second-order valence-corrected chi connectivity index (χ2v) is 5.20. The molecule has 0 saturated heterocycles. The molecule has 4 heteroatoms. The van der Waals surface area contributed by atoms with Gasteiger partial charge >= 0.3 is 0 Å².